The molecular formula is C29H44O5. The van der Waals surface area contributed by atoms with Crippen molar-refractivity contribution in [2.45, 2.75) is 85.4 Å². The van der Waals surface area contributed by atoms with Crippen LogP contribution in [0.4, 0.5) is 0 Å². The molecule has 0 spiro atoms. The molecule has 0 aliphatic carbocycles. The monoisotopic (exact) mass is 472 g/mol. The van der Waals surface area contributed by atoms with Gasteiger partial charge in [0.25, 0.3) is 0 Å². The largest absolute Gasteiger partial charge is 0.497 e. The summed E-state index contributed by atoms with van der Waals surface area (Å²) >= 11 is 0. The summed E-state index contributed by atoms with van der Waals surface area (Å²) < 4.78 is 10.9. The second-order valence-electron chi connectivity index (χ2n) is 9.86. The first-order valence-corrected chi connectivity index (χ1v) is 12.0. The van der Waals surface area contributed by atoms with Crippen LogP contribution in [-0.2, 0) is 11.2 Å². The molecule has 2 atom stereocenters. The van der Waals surface area contributed by atoms with E-state index in [-0.39, 0.29) is 11.7 Å². The Balaban J connectivity index is 2.58. The van der Waals surface area contributed by atoms with Crippen LogP contribution in [0.3, 0.4) is 0 Å². The van der Waals surface area contributed by atoms with Crippen LogP contribution in [0.15, 0.2) is 47.6 Å². The minimum atomic E-state index is -0.976. The Kier molecular flexibility index (Phi) is 12.3. The Morgan fingerprint density at radius 2 is 1.82 bits per heavy atom. The highest BCUT2D eigenvalue weighted by atomic mass is 16.5. The number of rotatable bonds is 14. The predicted molar refractivity (Wildman–Crippen MR) is 140 cm³/mol. The lowest BCUT2D eigenvalue weighted by atomic mass is 9.95. The fraction of sp³-hybridized carbons (Fsp3) is 0.552. The number of aryl methyl sites for hydroxylation is 1. The zero-order valence-electron chi connectivity index (χ0n) is 22.3. The highest BCUT2D eigenvalue weighted by Crippen LogP contribution is 2.29. The van der Waals surface area contributed by atoms with Crippen LogP contribution >= 0.6 is 0 Å². The van der Waals surface area contributed by atoms with Crippen molar-refractivity contribution >= 4 is 5.78 Å². The quantitative estimate of drug-likeness (QED) is 0.260. The van der Waals surface area contributed by atoms with Crippen molar-refractivity contribution in [1.82, 2.24) is 0 Å². The molecule has 0 amide bonds. The van der Waals surface area contributed by atoms with E-state index < -0.39 is 11.7 Å². The van der Waals surface area contributed by atoms with Gasteiger partial charge < -0.3 is 19.7 Å². The molecule has 190 valence electrons. The second kappa shape index (κ2) is 14.1. The lowest BCUT2D eigenvalue weighted by molar-refractivity contribution is -0.118. The first kappa shape index (κ1) is 29.7. The topological polar surface area (TPSA) is 76.0 Å². The van der Waals surface area contributed by atoms with Crippen LogP contribution in [0, 0.1) is 12.8 Å². The molecule has 0 aliphatic heterocycles. The highest BCUT2D eigenvalue weighted by Gasteiger charge is 2.13. The molecule has 0 saturated carbocycles. The summed E-state index contributed by atoms with van der Waals surface area (Å²) in [5.74, 6) is 1.62. The fourth-order valence-corrected chi connectivity index (χ4v) is 3.82. The van der Waals surface area contributed by atoms with E-state index in [2.05, 4.69) is 6.08 Å². The van der Waals surface area contributed by atoms with Crippen LogP contribution in [0.1, 0.15) is 71.4 Å². The van der Waals surface area contributed by atoms with Crippen molar-refractivity contribution in [3.63, 3.8) is 0 Å². The number of carbonyl (C=O) groups is 1. The van der Waals surface area contributed by atoms with Gasteiger partial charge in [0.15, 0.2) is 5.78 Å². The second-order valence-corrected chi connectivity index (χ2v) is 9.86. The Hall–Kier alpha value is -2.37. The molecule has 2 N–H and O–H groups in total. The van der Waals surface area contributed by atoms with Crippen molar-refractivity contribution in [2.24, 2.45) is 5.92 Å². The minimum absolute atomic E-state index is 0.0346. The maximum atomic E-state index is 12.1. The molecule has 1 aromatic rings. The number of benzene rings is 1. The molecular weight excluding hydrogens is 428 g/mol. The maximum Gasteiger partial charge on any atom is 0.158 e. The normalized spacial score (nSPS) is 14.9. The molecule has 34 heavy (non-hydrogen) atoms. The lowest BCUT2D eigenvalue weighted by Gasteiger charge is -2.13. The van der Waals surface area contributed by atoms with Gasteiger partial charge in [-0.25, -0.2) is 0 Å². The smallest absolute Gasteiger partial charge is 0.158 e. The number of allylic oxidation sites excluding steroid dienone is 3. The minimum Gasteiger partial charge on any atom is -0.497 e. The van der Waals surface area contributed by atoms with Crippen LogP contribution in [0.25, 0.3) is 0 Å². The summed E-state index contributed by atoms with van der Waals surface area (Å²) in [5.41, 5.74) is 3.34. The third-order valence-corrected chi connectivity index (χ3v) is 5.79. The number of aliphatic hydroxyl groups excluding tert-OH is 1. The van der Waals surface area contributed by atoms with Crippen LogP contribution in [0.5, 0.6) is 11.5 Å². The highest BCUT2D eigenvalue weighted by molar-refractivity contribution is 5.91. The van der Waals surface area contributed by atoms with E-state index in [0.29, 0.717) is 12.8 Å². The molecule has 0 heterocycles. The summed E-state index contributed by atoms with van der Waals surface area (Å²) in [7, 11) is 3.33. The molecule has 0 aliphatic rings. The summed E-state index contributed by atoms with van der Waals surface area (Å²) in [4.78, 5) is 12.1. The molecule has 1 rings (SSSR count). The third-order valence-electron chi connectivity index (χ3n) is 5.79. The standard InChI is InChI=1S/C29H44O5/c1-20(10-9-11-22(3)27(31)14-15-29(5,6)32)16-25(30)17-21(2)12-13-24-19-26(33-7)18-23(4)28(24)34-8/h12,14-16,18-19,22,25,30,32H,9-11,13,17H2,1-8H3/b15-14+,20-16+,21-12+. The van der Waals surface area contributed by atoms with Crippen molar-refractivity contribution in [2.75, 3.05) is 14.2 Å². The van der Waals surface area contributed by atoms with Gasteiger partial charge in [-0.15, -0.1) is 0 Å². The molecule has 1 aromatic carbocycles. The van der Waals surface area contributed by atoms with Gasteiger partial charge in [0, 0.05) is 11.5 Å². The lowest BCUT2D eigenvalue weighted by Crippen LogP contribution is -2.16. The predicted octanol–water partition coefficient (Wildman–Crippen LogP) is 5.90. The van der Waals surface area contributed by atoms with Gasteiger partial charge in [-0.1, -0.05) is 36.3 Å². The first-order chi connectivity index (χ1) is 15.9. The number of carbonyl (C=O) groups excluding carboxylic acids is 1. The number of methoxy groups -OCH3 is 2. The van der Waals surface area contributed by atoms with Crippen molar-refractivity contribution in [3.05, 3.63) is 58.7 Å². The van der Waals surface area contributed by atoms with Crippen LogP contribution < -0.4 is 9.47 Å². The van der Waals surface area contributed by atoms with E-state index in [1.54, 1.807) is 28.1 Å². The van der Waals surface area contributed by atoms with Gasteiger partial charge in [-0.3, -0.25) is 4.79 Å². The number of hydrogen-bond acceptors (Lipinski definition) is 5. The summed E-state index contributed by atoms with van der Waals surface area (Å²) in [5, 5.41) is 20.2. The average molecular weight is 473 g/mol. The maximum absolute atomic E-state index is 12.1. The van der Waals surface area contributed by atoms with Crippen LogP contribution in [0.2, 0.25) is 0 Å². The van der Waals surface area contributed by atoms with E-state index in [4.69, 9.17) is 9.47 Å². The molecule has 0 fully saturated rings. The molecule has 5 heteroatoms. The van der Waals surface area contributed by atoms with Gasteiger partial charge in [0.05, 0.1) is 25.9 Å². The number of ketones is 1. The molecule has 0 radical (unpaired) electrons. The first-order valence-electron chi connectivity index (χ1n) is 12.0. The fourth-order valence-electron chi connectivity index (χ4n) is 3.82. The number of aliphatic hydroxyl groups is 2. The molecule has 2 unspecified atom stereocenters. The molecule has 0 saturated heterocycles. The van der Waals surface area contributed by atoms with Crippen molar-refractivity contribution in [3.8, 4) is 11.5 Å². The average Bonchev–Trinajstić information content (AvgIpc) is 2.74. The summed E-state index contributed by atoms with van der Waals surface area (Å²) in [6.07, 6.45) is 10.3. The van der Waals surface area contributed by atoms with E-state index in [1.165, 1.54) is 12.2 Å². The van der Waals surface area contributed by atoms with Gasteiger partial charge >= 0.3 is 0 Å². The molecule has 5 nitrogen and oxygen atoms in total. The third kappa shape index (κ3) is 11.2. The van der Waals surface area contributed by atoms with Gasteiger partial charge in [-0.2, -0.15) is 0 Å². The number of ether oxygens (including phenoxy) is 2. The number of hydrogen-bond donors (Lipinski definition) is 2. The zero-order valence-corrected chi connectivity index (χ0v) is 22.3. The van der Waals surface area contributed by atoms with E-state index in [1.807, 2.05) is 45.9 Å². The van der Waals surface area contributed by atoms with E-state index in [0.717, 1.165) is 53.0 Å². The summed E-state index contributed by atoms with van der Waals surface area (Å²) in [6, 6.07) is 3.95. The van der Waals surface area contributed by atoms with Crippen LogP contribution in [-0.4, -0.2) is 41.9 Å². The Morgan fingerprint density at radius 1 is 1.15 bits per heavy atom. The van der Waals surface area contributed by atoms with Crippen molar-refractivity contribution < 1.29 is 24.5 Å². The Labute approximate surface area is 206 Å². The molecule has 0 bridgehead atoms. The van der Waals surface area contributed by atoms with Gasteiger partial charge in [0.1, 0.15) is 11.5 Å². The van der Waals surface area contributed by atoms with E-state index >= 15 is 0 Å². The Morgan fingerprint density at radius 3 is 2.41 bits per heavy atom. The SMILES string of the molecule is COc1cc(C)c(OC)c(C/C=C(\C)CC(O)/C=C(\C)CCCC(C)C(=O)/C=C/C(C)(C)O)c1. The van der Waals surface area contributed by atoms with Crippen molar-refractivity contribution in [1.29, 1.82) is 0 Å². The van der Waals surface area contributed by atoms with E-state index in [9.17, 15) is 15.0 Å². The van der Waals surface area contributed by atoms with Gasteiger partial charge in [-0.05, 0) is 90.5 Å². The summed E-state index contributed by atoms with van der Waals surface area (Å²) in [6.45, 7) is 11.3. The zero-order chi connectivity index (χ0) is 25.9. The molecule has 0 aromatic heterocycles. The Bertz CT molecular complexity index is 887. The van der Waals surface area contributed by atoms with Gasteiger partial charge in [0.2, 0.25) is 0 Å².